The zero-order valence-electron chi connectivity index (χ0n) is 19.4. The monoisotopic (exact) mass is 484 g/mol. The third kappa shape index (κ3) is 4.57. The molecule has 0 saturated carbocycles. The number of rotatable bonds is 7. The molecule has 0 fully saturated rings. The van der Waals surface area contributed by atoms with Crippen molar-refractivity contribution in [2.24, 2.45) is 10.1 Å². The van der Waals surface area contributed by atoms with Gasteiger partial charge in [0.05, 0.1) is 12.7 Å². The molecule has 8 heteroatoms. The zero-order valence-corrected chi connectivity index (χ0v) is 20.3. The van der Waals surface area contributed by atoms with E-state index in [0.29, 0.717) is 28.8 Å². The largest absolute Gasteiger partial charge is 0.493 e. The van der Waals surface area contributed by atoms with Gasteiger partial charge in [0.25, 0.3) is 5.91 Å². The number of carbonyl (C=O) groups excluding carboxylic acids is 1. The number of methoxy groups -OCH3 is 1. The number of hydrogen-bond acceptors (Lipinski definition) is 6. The number of ether oxygens (including phenoxy) is 2. The Morgan fingerprint density at radius 2 is 1.91 bits per heavy atom. The maximum absolute atomic E-state index is 12.7. The van der Waals surface area contributed by atoms with Gasteiger partial charge in [-0.3, -0.25) is 10.2 Å². The van der Waals surface area contributed by atoms with Gasteiger partial charge in [0.2, 0.25) is 5.17 Å². The third-order valence-corrected chi connectivity index (χ3v) is 6.69. The summed E-state index contributed by atoms with van der Waals surface area (Å²) in [4.78, 5) is 16.8. The van der Waals surface area contributed by atoms with Crippen LogP contribution in [-0.4, -0.2) is 34.1 Å². The number of nitrogens with zero attached hydrogens (tertiary/aromatic N) is 3. The first-order chi connectivity index (χ1) is 17.1. The highest BCUT2D eigenvalue weighted by Crippen LogP contribution is 2.33. The van der Waals surface area contributed by atoms with Crippen molar-refractivity contribution in [3.63, 3.8) is 0 Å². The van der Waals surface area contributed by atoms with E-state index >= 15 is 0 Å². The molecule has 3 aromatic carbocycles. The minimum atomic E-state index is -0.447. The van der Waals surface area contributed by atoms with Gasteiger partial charge in [0.1, 0.15) is 11.7 Å². The fourth-order valence-corrected chi connectivity index (χ4v) is 4.97. The molecule has 0 spiro atoms. The zero-order chi connectivity index (χ0) is 24.4. The van der Waals surface area contributed by atoms with Crippen LogP contribution in [0.15, 0.2) is 76.3 Å². The van der Waals surface area contributed by atoms with Gasteiger partial charge in [0.15, 0.2) is 17.3 Å². The van der Waals surface area contributed by atoms with Crippen LogP contribution in [0, 0.1) is 5.41 Å². The van der Waals surface area contributed by atoms with Crippen molar-refractivity contribution in [1.29, 1.82) is 5.41 Å². The van der Waals surface area contributed by atoms with Gasteiger partial charge in [-0.25, -0.2) is 0 Å². The summed E-state index contributed by atoms with van der Waals surface area (Å²) in [6, 6.07) is 19.8. The molecule has 0 aliphatic carbocycles. The lowest BCUT2D eigenvalue weighted by Crippen LogP contribution is -2.35. The Hall–Kier alpha value is -3.91. The molecule has 1 N–H and O–H groups in total. The van der Waals surface area contributed by atoms with Gasteiger partial charge in [0, 0.05) is 0 Å². The summed E-state index contributed by atoms with van der Waals surface area (Å²) >= 11 is 1.35. The molecule has 0 unspecified atom stereocenters. The van der Waals surface area contributed by atoms with Crippen LogP contribution in [0.2, 0.25) is 0 Å². The van der Waals surface area contributed by atoms with Crippen molar-refractivity contribution in [3.05, 3.63) is 77.4 Å². The highest BCUT2D eigenvalue weighted by Gasteiger charge is 2.35. The van der Waals surface area contributed by atoms with Gasteiger partial charge in [-0.15, -0.1) is 0 Å². The minimum absolute atomic E-state index is 0.0221. The summed E-state index contributed by atoms with van der Waals surface area (Å²) in [5.74, 6) is 0.710. The van der Waals surface area contributed by atoms with Crippen molar-refractivity contribution >= 4 is 50.6 Å². The fourth-order valence-electron chi connectivity index (χ4n) is 3.98. The maximum atomic E-state index is 12.7. The molecule has 0 atom stereocenters. The Morgan fingerprint density at radius 3 is 2.74 bits per heavy atom. The standard InChI is InChI=1S/C27H24N4O3S/c1-3-7-24-30-31-25(28)21(26(32)29-27(31)35-24)14-17-12-13-22(23(15-17)33-2)34-16-19-10-6-9-18-8-4-5-11-20(18)19/h4-6,8-15,28H,3,7,16H2,1-2H3/b21-14-,28-25?. The van der Waals surface area contributed by atoms with Crippen LogP contribution in [0.25, 0.3) is 16.8 Å². The van der Waals surface area contributed by atoms with Gasteiger partial charge in [-0.2, -0.15) is 15.1 Å². The molecule has 2 aliphatic heterocycles. The van der Waals surface area contributed by atoms with E-state index in [9.17, 15) is 4.79 Å². The highest BCUT2D eigenvalue weighted by molar-refractivity contribution is 8.26. The number of hydrogen-bond donors (Lipinski definition) is 1. The number of amidine groups is 2. The quantitative estimate of drug-likeness (QED) is 0.425. The predicted octanol–water partition coefficient (Wildman–Crippen LogP) is 5.85. The highest BCUT2D eigenvalue weighted by atomic mass is 32.2. The number of nitrogens with one attached hydrogen (secondary N) is 1. The molecule has 0 aromatic heterocycles. The third-order valence-electron chi connectivity index (χ3n) is 5.72. The van der Waals surface area contributed by atoms with Crippen LogP contribution in [0.1, 0.15) is 30.9 Å². The molecule has 0 bridgehead atoms. The minimum Gasteiger partial charge on any atom is -0.493 e. The SMILES string of the molecule is CCCC1=NN2C(=N)/C(=C/c3ccc(OCc4cccc5ccccc45)c(OC)c3)C(=O)N=C2S1. The molecule has 35 heavy (non-hydrogen) atoms. The van der Waals surface area contributed by atoms with Crippen molar-refractivity contribution in [3.8, 4) is 11.5 Å². The first-order valence-electron chi connectivity index (χ1n) is 11.3. The van der Waals surface area contributed by atoms with Crippen LogP contribution in [-0.2, 0) is 11.4 Å². The molecule has 1 amide bonds. The molecule has 7 nitrogen and oxygen atoms in total. The van der Waals surface area contributed by atoms with Crippen LogP contribution in [0.4, 0.5) is 0 Å². The average molecular weight is 485 g/mol. The Bertz CT molecular complexity index is 1420. The summed E-state index contributed by atoms with van der Waals surface area (Å²) in [7, 11) is 1.58. The molecule has 176 valence electrons. The normalized spacial score (nSPS) is 16.4. The molecule has 2 heterocycles. The molecule has 0 radical (unpaired) electrons. The van der Waals surface area contributed by atoms with E-state index in [2.05, 4.69) is 35.2 Å². The van der Waals surface area contributed by atoms with E-state index in [4.69, 9.17) is 14.9 Å². The topological polar surface area (TPSA) is 87.3 Å². The van der Waals surface area contributed by atoms with Crippen LogP contribution < -0.4 is 9.47 Å². The molecule has 3 aromatic rings. The van der Waals surface area contributed by atoms with Crippen LogP contribution in [0.3, 0.4) is 0 Å². The van der Waals surface area contributed by atoms with E-state index < -0.39 is 5.91 Å². The molecule has 0 saturated heterocycles. The predicted molar refractivity (Wildman–Crippen MR) is 141 cm³/mol. The van der Waals surface area contributed by atoms with Gasteiger partial charge < -0.3 is 9.47 Å². The van der Waals surface area contributed by atoms with E-state index in [1.165, 1.54) is 16.8 Å². The molecule has 2 aliphatic rings. The van der Waals surface area contributed by atoms with E-state index in [-0.39, 0.29) is 11.4 Å². The van der Waals surface area contributed by atoms with E-state index in [0.717, 1.165) is 34.2 Å². The van der Waals surface area contributed by atoms with Crippen molar-refractivity contribution in [1.82, 2.24) is 5.01 Å². The van der Waals surface area contributed by atoms with Crippen LogP contribution in [0.5, 0.6) is 11.5 Å². The number of benzene rings is 3. The number of thioether (sulfide) groups is 1. The van der Waals surface area contributed by atoms with Gasteiger partial charge in [-0.1, -0.05) is 55.5 Å². The van der Waals surface area contributed by atoms with Gasteiger partial charge in [-0.05, 0) is 64.7 Å². The van der Waals surface area contributed by atoms with Gasteiger partial charge >= 0.3 is 0 Å². The second-order valence-electron chi connectivity index (χ2n) is 8.10. The Balaban J connectivity index is 1.37. The Kier molecular flexibility index (Phi) is 6.37. The lowest BCUT2D eigenvalue weighted by Gasteiger charge is -2.20. The lowest BCUT2D eigenvalue weighted by molar-refractivity contribution is -0.114. The Labute approximate surface area is 207 Å². The first kappa shape index (κ1) is 22.9. The summed E-state index contributed by atoms with van der Waals surface area (Å²) < 4.78 is 11.7. The number of carbonyl (C=O) groups is 1. The summed E-state index contributed by atoms with van der Waals surface area (Å²) in [6.45, 7) is 2.45. The van der Waals surface area contributed by atoms with Crippen molar-refractivity contribution < 1.29 is 14.3 Å². The molecular weight excluding hydrogens is 460 g/mol. The molecular formula is C27H24N4O3S. The fraction of sp³-hybridized carbons (Fsp3) is 0.185. The summed E-state index contributed by atoms with van der Waals surface area (Å²) in [5.41, 5.74) is 1.97. The van der Waals surface area contributed by atoms with Crippen LogP contribution >= 0.6 is 11.8 Å². The summed E-state index contributed by atoms with van der Waals surface area (Å²) in [6.07, 6.45) is 3.36. The maximum Gasteiger partial charge on any atom is 0.283 e. The average Bonchev–Trinajstić information content (AvgIpc) is 3.28. The number of fused-ring (bicyclic) bond motifs is 2. The Morgan fingerprint density at radius 1 is 1.09 bits per heavy atom. The second-order valence-corrected chi connectivity index (χ2v) is 9.14. The van der Waals surface area contributed by atoms with E-state index in [1.54, 1.807) is 19.3 Å². The van der Waals surface area contributed by atoms with E-state index in [1.807, 2.05) is 36.4 Å². The number of aliphatic imine (C=N–C) groups is 1. The lowest BCUT2D eigenvalue weighted by atomic mass is 10.1. The molecule has 5 rings (SSSR count). The van der Waals surface area contributed by atoms with Crippen molar-refractivity contribution in [2.45, 2.75) is 26.4 Å². The van der Waals surface area contributed by atoms with Crippen molar-refractivity contribution in [2.75, 3.05) is 7.11 Å². The second kappa shape index (κ2) is 9.76. The number of amides is 1. The smallest absolute Gasteiger partial charge is 0.283 e. The first-order valence-corrected chi connectivity index (χ1v) is 12.2. The summed E-state index contributed by atoms with van der Waals surface area (Å²) in [5, 5.41) is 18.0. The number of hydrazone groups is 1.